The van der Waals surface area contributed by atoms with Gasteiger partial charge in [0.25, 0.3) is 0 Å². The minimum atomic E-state index is -4.05. The molecule has 2 atom stereocenters. The average Bonchev–Trinajstić information content (AvgIpc) is 2.55. The van der Waals surface area contributed by atoms with Gasteiger partial charge in [-0.15, -0.1) is 0 Å². The predicted octanol–water partition coefficient (Wildman–Crippen LogP) is 1.45. The van der Waals surface area contributed by atoms with Crippen LogP contribution in [0, 0.1) is 6.92 Å². The number of phenolic OH excluding ortho intramolecular Hbond substituents is 1. The van der Waals surface area contributed by atoms with Crippen LogP contribution in [0.3, 0.4) is 0 Å². The van der Waals surface area contributed by atoms with Crippen molar-refractivity contribution in [2.45, 2.75) is 30.9 Å². The van der Waals surface area contributed by atoms with Crippen LogP contribution in [0.25, 0.3) is 0 Å². The molecule has 0 aliphatic heterocycles. The molecule has 0 amide bonds. The molecule has 0 saturated carbocycles. The summed E-state index contributed by atoms with van der Waals surface area (Å²) in [5.41, 5.74) is 0.648. The van der Waals surface area contributed by atoms with Crippen molar-refractivity contribution in [2.24, 2.45) is 5.14 Å². The largest absolute Gasteiger partial charge is 0.506 e. The summed E-state index contributed by atoms with van der Waals surface area (Å²) < 4.78 is 28.8. The van der Waals surface area contributed by atoms with Crippen LogP contribution in [0.1, 0.15) is 12.5 Å². The molecule has 0 saturated heterocycles. The number of sulfonamides is 1. The summed E-state index contributed by atoms with van der Waals surface area (Å²) >= 11 is 3.34. The van der Waals surface area contributed by atoms with Crippen LogP contribution in [0.5, 0.6) is 5.75 Å². The third-order valence-electron chi connectivity index (χ3n) is 3.79. The van der Waals surface area contributed by atoms with Gasteiger partial charge in [-0.25, -0.2) is 18.5 Å². The van der Waals surface area contributed by atoms with E-state index in [2.05, 4.69) is 36.5 Å². The van der Waals surface area contributed by atoms with Gasteiger partial charge in [0, 0.05) is 25.1 Å². The molecule has 0 unspecified atom stereocenters. The van der Waals surface area contributed by atoms with E-state index in [9.17, 15) is 18.6 Å². The number of aromatic hydroxyl groups is 1. The number of hydrogen-bond acceptors (Lipinski definition) is 9. The molecule has 2 aromatic rings. The normalized spacial score (nSPS) is 13.8. The van der Waals surface area contributed by atoms with Gasteiger partial charge in [-0.2, -0.15) is 4.98 Å². The number of primary sulfonamides is 1. The first-order chi connectivity index (χ1) is 13.0. The van der Waals surface area contributed by atoms with Crippen LogP contribution in [-0.2, 0) is 14.8 Å². The highest BCUT2D eigenvalue weighted by Gasteiger charge is 2.19. The molecule has 1 aromatic carbocycles. The van der Waals surface area contributed by atoms with Crippen molar-refractivity contribution in [2.75, 3.05) is 24.4 Å². The quantitative estimate of drug-likeness (QED) is 0.380. The van der Waals surface area contributed by atoms with Crippen molar-refractivity contribution in [1.82, 2.24) is 9.97 Å². The molecule has 1 aromatic heterocycles. The third kappa shape index (κ3) is 5.52. The zero-order valence-corrected chi connectivity index (χ0v) is 17.9. The van der Waals surface area contributed by atoms with E-state index < -0.39 is 27.9 Å². The predicted molar refractivity (Wildman–Crippen MR) is 108 cm³/mol. The average molecular weight is 476 g/mol. The fraction of sp³-hybridized carbons (Fsp3) is 0.375. The minimum absolute atomic E-state index is 0.189. The molecule has 6 N–H and O–H groups in total. The van der Waals surface area contributed by atoms with Gasteiger partial charge < -0.3 is 25.6 Å². The first-order valence-corrected chi connectivity index (χ1v) is 10.5. The number of nitrogens with zero attached hydrogens (tertiary/aromatic N) is 2. The van der Waals surface area contributed by atoms with Crippen molar-refractivity contribution in [1.29, 1.82) is 0 Å². The maximum absolute atomic E-state index is 11.6. The van der Waals surface area contributed by atoms with Crippen molar-refractivity contribution >= 4 is 43.4 Å². The van der Waals surface area contributed by atoms with Crippen LogP contribution < -0.4 is 15.8 Å². The van der Waals surface area contributed by atoms with Gasteiger partial charge >= 0.3 is 0 Å². The number of hydrogen-bond donors (Lipinski definition) is 5. The van der Waals surface area contributed by atoms with E-state index in [4.69, 9.17) is 9.88 Å². The Balaban J connectivity index is 2.31. The summed E-state index contributed by atoms with van der Waals surface area (Å²) in [6.45, 7) is 3.40. The lowest BCUT2D eigenvalue weighted by Crippen LogP contribution is -2.36. The van der Waals surface area contributed by atoms with Crippen LogP contribution >= 0.6 is 15.9 Å². The summed E-state index contributed by atoms with van der Waals surface area (Å²) in [5, 5.41) is 30.9. The zero-order chi connectivity index (χ0) is 21.1. The standard InChI is InChI=1S/C16H22BrN5O5S/c1-8-4-10(5-13(24)14(8)28(18,25)26)20-16-19-6-11(17)15(22-16)21-12(7-27-3)9(2)23/h4-6,9,12,23-24H,7H2,1-3H3,(H2,18,25,26)(H2,19,20,21,22)/t9-,12-/m1/s1. The van der Waals surface area contributed by atoms with Crippen LogP contribution in [0.4, 0.5) is 17.5 Å². The second kappa shape index (κ2) is 9.01. The monoisotopic (exact) mass is 475 g/mol. The number of nitrogens with two attached hydrogens (primary N) is 1. The number of halogens is 1. The Morgan fingerprint density at radius 1 is 1.39 bits per heavy atom. The number of nitrogens with one attached hydrogen (secondary N) is 2. The van der Waals surface area contributed by atoms with Gasteiger partial charge in [-0.3, -0.25) is 0 Å². The lowest BCUT2D eigenvalue weighted by molar-refractivity contribution is 0.106. The highest BCUT2D eigenvalue weighted by molar-refractivity contribution is 9.10. The molecule has 0 fully saturated rings. The first kappa shape index (κ1) is 22.3. The summed E-state index contributed by atoms with van der Waals surface area (Å²) in [7, 11) is -2.53. The molecule has 0 spiro atoms. The van der Waals surface area contributed by atoms with Crippen LogP contribution in [0.15, 0.2) is 27.7 Å². The lowest BCUT2D eigenvalue weighted by Gasteiger charge is -2.22. The second-order valence-electron chi connectivity index (χ2n) is 6.15. The van der Waals surface area contributed by atoms with Gasteiger partial charge in [-0.05, 0) is 41.4 Å². The van der Waals surface area contributed by atoms with E-state index in [1.54, 1.807) is 6.92 Å². The van der Waals surface area contributed by atoms with Crippen LogP contribution in [0.2, 0.25) is 0 Å². The number of anilines is 3. The number of phenols is 1. The fourth-order valence-electron chi connectivity index (χ4n) is 2.51. The summed E-state index contributed by atoms with van der Waals surface area (Å²) in [5.74, 6) is 0.131. The van der Waals surface area contributed by atoms with Gasteiger partial charge in [0.2, 0.25) is 16.0 Å². The smallest absolute Gasteiger partial charge is 0.241 e. The number of aromatic nitrogens is 2. The third-order valence-corrected chi connectivity index (χ3v) is 5.47. The van der Waals surface area contributed by atoms with E-state index in [0.717, 1.165) is 0 Å². The molecule has 0 bridgehead atoms. The second-order valence-corrected chi connectivity index (χ2v) is 8.50. The van der Waals surface area contributed by atoms with Gasteiger partial charge in [0.05, 0.1) is 23.2 Å². The molecule has 0 radical (unpaired) electrons. The number of methoxy groups -OCH3 is 1. The number of ether oxygens (including phenoxy) is 1. The van der Waals surface area contributed by atoms with Gasteiger partial charge in [0.15, 0.2) is 0 Å². The molecule has 28 heavy (non-hydrogen) atoms. The Hall–Kier alpha value is -1.99. The number of aryl methyl sites for hydroxylation is 1. The number of aliphatic hydroxyl groups is 1. The van der Waals surface area contributed by atoms with Crippen molar-refractivity contribution in [3.05, 3.63) is 28.4 Å². The molecule has 0 aliphatic carbocycles. The maximum atomic E-state index is 11.6. The fourth-order valence-corrected chi connectivity index (χ4v) is 3.68. The molecule has 154 valence electrons. The highest BCUT2D eigenvalue weighted by atomic mass is 79.9. The summed E-state index contributed by atoms with van der Waals surface area (Å²) in [4.78, 5) is 8.13. The van der Waals surface area contributed by atoms with Crippen molar-refractivity contribution < 1.29 is 23.4 Å². The van der Waals surface area contributed by atoms with Gasteiger partial charge in [-0.1, -0.05) is 0 Å². The zero-order valence-electron chi connectivity index (χ0n) is 15.5. The number of benzene rings is 1. The van der Waals surface area contributed by atoms with Crippen LogP contribution in [-0.4, -0.2) is 54.5 Å². The maximum Gasteiger partial charge on any atom is 0.241 e. The van der Waals surface area contributed by atoms with Gasteiger partial charge in [0.1, 0.15) is 16.5 Å². The molecular weight excluding hydrogens is 454 g/mol. The molecule has 12 heteroatoms. The highest BCUT2D eigenvalue weighted by Crippen LogP contribution is 2.31. The lowest BCUT2D eigenvalue weighted by atomic mass is 10.2. The molecule has 10 nitrogen and oxygen atoms in total. The number of rotatable bonds is 8. The topological polar surface area (TPSA) is 160 Å². The Labute approximate surface area is 171 Å². The Morgan fingerprint density at radius 3 is 2.61 bits per heavy atom. The van der Waals surface area contributed by atoms with E-state index >= 15 is 0 Å². The van der Waals surface area contributed by atoms with E-state index in [1.807, 2.05) is 0 Å². The number of aliphatic hydroxyl groups excluding tert-OH is 1. The Bertz CT molecular complexity index is 931. The van der Waals surface area contributed by atoms with E-state index in [0.29, 0.717) is 16.0 Å². The van der Waals surface area contributed by atoms with Crippen molar-refractivity contribution in [3.8, 4) is 5.75 Å². The van der Waals surface area contributed by atoms with E-state index in [-0.39, 0.29) is 23.0 Å². The van der Waals surface area contributed by atoms with E-state index in [1.165, 1.54) is 32.4 Å². The minimum Gasteiger partial charge on any atom is -0.506 e. The summed E-state index contributed by atoms with van der Waals surface area (Å²) in [6.07, 6.45) is 0.818. The first-order valence-electron chi connectivity index (χ1n) is 8.12. The summed E-state index contributed by atoms with van der Waals surface area (Å²) in [6, 6.07) is 2.32. The molecular formula is C16H22BrN5O5S. The molecule has 0 aliphatic rings. The Kier molecular flexibility index (Phi) is 7.17. The SMILES string of the molecule is COC[C@@H](Nc1nc(Nc2cc(C)c(S(N)(=O)=O)c(O)c2)ncc1Br)[C@@H](C)O. The Morgan fingerprint density at radius 2 is 2.07 bits per heavy atom. The van der Waals surface area contributed by atoms with Crippen molar-refractivity contribution in [3.63, 3.8) is 0 Å². The molecule has 1 heterocycles. The molecule has 2 rings (SSSR count).